The highest BCUT2D eigenvalue weighted by Crippen LogP contribution is 2.61. The Hall–Kier alpha value is -6.13. The summed E-state index contributed by atoms with van der Waals surface area (Å²) in [5.74, 6) is 5.38. The number of carbonyl (C=O) groups is 2. The molecule has 3 aromatic carbocycles. The Morgan fingerprint density at radius 3 is 2.61 bits per heavy atom. The molecule has 1 fully saturated rings. The van der Waals surface area contributed by atoms with Crippen molar-refractivity contribution in [1.82, 2.24) is 4.90 Å². The number of ether oxygens (including phenoxy) is 7. The molecule has 17 heteroatoms. The third kappa shape index (κ3) is 7.52. The lowest BCUT2D eigenvalue weighted by molar-refractivity contribution is -0.291. The summed E-state index contributed by atoms with van der Waals surface area (Å²) in [6.45, 7) is 1.22. The number of hydrogen-bond acceptors (Lipinski definition) is 16. The molecule has 3 aromatic rings. The molecule has 0 amide bonds. The smallest absolute Gasteiger partial charge is 0.317 e. The highest BCUT2D eigenvalue weighted by molar-refractivity contribution is 5.90. The fourth-order valence-corrected chi connectivity index (χ4v) is 8.81. The number of aliphatic hydroxyl groups is 3. The zero-order valence-electron chi connectivity index (χ0n) is 32.8. The van der Waals surface area contributed by atoms with E-state index in [1.807, 2.05) is 54.7 Å². The number of nitrogens with zero attached hydrogens (tertiary/aromatic N) is 2. The summed E-state index contributed by atoms with van der Waals surface area (Å²) in [4.78, 5) is 30.1. The number of hydrogen-bond donors (Lipinski definition) is 6. The fraction of sp³-hybridized carbons (Fsp3) is 0.386. The van der Waals surface area contributed by atoms with E-state index in [-0.39, 0.29) is 11.7 Å². The first-order valence-electron chi connectivity index (χ1n) is 19.8. The summed E-state index contributed by atoms with van der Waals surface area (Å²) in [5, 5.41) is 42.4. The zero-order chi connectivity index (χ0) is 42.5. The molecule has 6 aliphatic rings. The topological polar surface area (TPSA) is 247 Å². The van der Waals surface area contributed by atoms with Gasteiger partial charge in [0.1, 0.15) is 54.5 Å². The number of rotatable bonds is 11. The van der Waals surface area contributed by atoms with Crippen molar-refractivity contribution in [2.24, 2.45) is 16.5 Å². The van der Waals surface area contributed by atoms with Crippen LogP contribution in [0.15, 0.2) is 83.1 Å². The molecule has 17 nitrogen and oxygen atoms in total. The van der Waals surface area contributed by atoms with E-state index in [1.165, 1.54) is 0 Å². The molecule has 61 heavy (non-hydrogen) atoms. The van der Waals surface area contributed by atoms with Crippen molar-refractivity contribution >= 4 is 18.2 Å². The van der Waals surface area contributed by atoms with Gasteiger partial charge >= 0.3 is 11.9 Å². The normalized spacial score (nSPS) is 28.3. The highest BCUT2D eigenvalue weighted by atomic mass is 16.7. The Morgan fingerprint density at radius 1 is 1.03 bits per heavy atom. The predicted molar refractivity (Wildman–Crippen MR) is 214 cm³/mol. The van der Waals surface area contributed by atoms with Gasteiger partial charge in [-0.25, -0.2) is 0 Å². The molecular weight excluding hydrogens is 792 g/mol. The van der Waals surface area contributed by atoms with Crippen LogP contribution in [0.4, 0.5) is 0 Å². The maximum absolute atomic E-state index is 12.4. The summed E-state index contributed by atoms with van der Waals surface area (Å²) < 4.78 is 43.7. The summed E-state index contributed by atoms with van der Waals surface area (Å²) in [5.41, 5.74) is 17.0. The largest absolute Gasteiger partial charge is 0.493 e. The summed E-state index contributed by atoms with van der Waals surface area (Å²) in [7, 11) is 1.58. The zero-order valence-corrected chi connectivity index (χ0v) is 32.8. The lowest BCUT2D eigenvalue weighted by Crippen LogP contribution is -2.66. The van der Waals surface area contributed by atoms with Crippen LogP contribution in [0.5, 0.6) is 28.7 Å². The van der Waals surface area contributed by atoms with Gasteiger partial charge in [0.15, 0.2) is 17.6 Å². The number of allylic oxidation sites excluding steroid dienone is 1. The SMILES string of the molecule is COc1ccc2c3c1OCCC#C[C@H](c1ccccc1)[C@H]1Oc4cc(O[C@@H]5O[C@H]([C@H](OC(=O)CC(=O)O)C(N)N)[C@@H](O)[C@H](O)[C@H]5O)cc(CN5C=C6N=CC=C6C5)c4[C@H](O3)[C@H]21. The number of aliphatic hydroxyl groups excluding tert-OH is 3. The van der Waals surface area contributed by atoms with E-state index in [9.17, 15) is 24.9 Å². The summed E-state index contributed by atoms with van der Waals surface area (Å²) in [6.07, 6.45) is -8.19. The van der Waals surface area contributed by atoms with Gasteiger partial charge in [-0.05, 0) is 29.3 Å². The molecule has 1 saturated heterocycles. The van der Waals surface area contributed by atoms with Crippen LogP contribution in [0.1, 0.15) is 53.0 Å². The lowest BCUT2D eigenvalue weighted by atomic mass is 9.76. The quantitative estimate of drug-likeness (QED) is 0.0697. The van der Waals surface area contributed by atoms with Gasteiger partial charge in [0, 0.05) is 54.7 Å². The molecule has 9 rings (SSSR count). The second-order valence-electron chi connectivity index (χ2n) is 15.5. The van der Waals surface area contributed by atoms with Crippen molar-refractivity contribution < 1.29 is 63.2 Å². The fourth-order valence-electron chi connectivity index (χ4n) is 8.81. The van der Waals surface area contributed by atoms with Crippen molar-refractivity contribution in [3.8, 4) is 40.6 Å². The number of nitrogens with two attached hydrogens (primary N) is 2. The third-order valence-corrected chi connectivity index (χ3v) is 11.6. The van der Waals surface area contributed by atoms with Crippen LogP contribution >= 0.6 is 0 Å². The maximum Gasteiger partial charge on any atom is 0.317 e. The van der Waals surface area contributed by atoms with Gasteiger partial charge in [-0.2, -0.15) is 0 Å². The van der Waals surface area contributed by atoms with Gasteiger partial charge in [0.25, 0.3) is 0 Å². The first-order chi connectivity index (χ1) is 29.5. The van der Waals surface area contributed by atoms with Crippen molar-refractivity contribution in [3.05, 3.63) is 100 Å². The number of esters is 1. The molecule has 6 aliphatic heterocycles. The molecule has 6 heterocycles. The van der Waals surface area contributed by atoms with E-state index in [0.29, 0.717) is 49.1 Å². The van der Waals surface area contributed by atoms with Crippen LogP contribution in [0.2, 0.25) is 0 Å². The van der Waals surface area contributed by atoms with E-state index in [4.69, 9.17) is 49.7 Å². The molecule has 0 spiro atoms. The minimum atomic E-state index is -1.89. The number of carbonyl (C=O) groups excluding carboxylic acids is 1. The van der Waals surface area contributed by atoms with E-state index >= 15 is 0 Å². The van der Waals surface area contributed by atoms with Gasteiger partial charge < -0.3 is 70.0 Å². The summed E-state index contributed by atoms with van der Waals surface area (Å²) >= 11 is 0. The first kappa shape index (κ1) is 40.3. The van der Waals surface area contributed by atoms with Crippen LogP contribution in [-0.2, 0) is 25.6 Å². The Bertz CT molecular complexity index is 2370. The number of methoxy groups -OCH3 is 1. The third-order valence-electron chi connectivity index (χ3n) is 11.6. The van der Waals surface area contributed by atoms with Crippen molar-refractivity contribution in [1.29, 1.82) is 0 Å². The second-order valence-corrected chi connectivity index (χ2v) is 15.5. The summed E-state index contributed by atoms with van der Waals surface area (Å²) in [6, 6.07) is 17.1. The molecule has 10 atom stereocenters. The Balaban J connectivity index is 1.14. The van der Waals surface area contributed by atoms with Crippen molar-refractivity contribution in [2.75, 3.05) is 20.3 Å². The van der Waals surface area contributed by atoms with Gasteiger partial charge in [0.2, 0.25) is 12.0 Å². The van der Waals surface area contributed by atoms with Crippen LogP contribution in [0.25, 0.3) is 0 Å². The van der Waals surface area contributed by atoms with Crippen molar-refractivity contribution in [3.63, 3.8) is 0 Å². The highest BCUT2D eigenvalue weighted by Gasteiger charge is 2.53. The van der Waals surface area contributed by atoms with Crippen LogP contribution in [0, 0.1) is 11.8 Å². The van der Waals surface area contributed by atoms with Gasteiger partial charge in [-0.1, -0.05) is 48.2 Å². The second kappa shape index (κ2) is 16.4. The average molecular weight is 837 g/mol. The number of aliphatic imine (C=N–C) groups is 1. The molecule has 0 radical (unpaired) electrons. The molecule has 0 saturated carbocycles. The van der Waals surface area contributed by atoms with Crippen molar-refractivity contribution in [2.45, 2.75) is 86.4 Å². The van der Waals surface area contributed by atoms with Gasteiger partial charge in [-0.3, -0.25) is 14.6 Å². The van der Waals surface area contributed by atoms with Gasteiger partial charge in [0.05, 0.1) is 37.4 Å². The van der Waals surface area contributed by atoms with E-state index < -0.39 is 79.5 Å². The molecular formula is C44H44N4O13. The van der Waals surface area contributed by atoms with Crippen LogP contribution in [0.3, 0.4) is 0 Å². The predicted octanol–water partition coefficient (Wildman–Crippen LogP) is 1.73. The minimum absolute atomic E-state index is 0.141. The first-order valence-corrected chi connectivity index (χ1v) is 19.8. The molecule has 8 N–H and O–H groups in total. The standard InChI is InChI=1S/C44H44N4O13/c1-55-28-11-10-26-33-37-25(21-7-3-2-4-8-21)9-5-6-14-56-39(28)38(26)60-40(33)32-23(19-48-18-22-12-13-47-27(22)20-48)15-24(16-29(32)58-37)57-44-36(54)34(52)35(53)41(61-44)42(43(45)46)59-31(51)17-30(49)50/h2-4,7-8,10-13,15-16,20,25,33-37,40-44,52-54H,6,14,17-19,45-46H2,1H3,(H,49,50)/t25-,33-,34+,35+,36-,37-,40+,41+,42+,44-/m1/s1. The van der Waals surface area contributed by atoms with E-state index in [0.717, 1.165) is 33.5 Å². The Morgan fingerprint density at radius 2 is 1.85 bits per heavy atom. The minimum Gasteiger partial charge on any atom is -0.493 e. The number of aliphatic carboxylic acids is 1. The number of carboxylic acid groups (broad SMARTS) is 1. The molecule has 4 bridgehead atoms. The van der Waals surface area contributed by atoms with Crippen LogP contribution < -0.4 is 35.2 Å². The number of fused-ring (bicyclic) bond motifs is 3. The van der Waals surface area contributed by atoms with Gasteiger partial charge in [-0.15, -0.1) is 0 Å². The number of carboxylic acids is 1. The van der Waals surface area contributed by atoms with E-state index in [2.05, 4.69) is 21.7 Å². The monoisotopic (exact) mass is 836 g/mol. The Labute approximate surface area is 349 Å². The van der Waals surface area contributed by atoms with Crippen LogP contribution in [-0.4, -0.2) is 113 Å². The number of benzene rings is 3. The van der Waals surface area contributed by atoms with E-state index in [1.54, 1.807) is 25.5 Å². The molecule has 0 aromatic heterocycles. The molecule has 0 unspecified atom stereocenters. The lowest BCUT2D eigenvalue weighted by Gasteiger charge is -2.43. The maximum atomic E-state index is 12.4. The average Bonchev–Trinajstić information content (AvgIpc) is 3.95. The Kier molecular flexibility index (Phi) is 10.8. The molecule has 0 aliphatic carbocycles. The molecule has 318 valence electrons.